The Kier molecular flexibility index (Phi) is 7.21. The molecule has 1 amide bonds. The van der Waals surface area contributed by atoms with Crippen molar-refractivity contribution >= 4 is 40.2 Å². The van der Waals surface area contributed by atoms with Gasteiger partial charge in [-0.15, -0.1) is 0 Å². The summed E-state index contributed by atoms with van der Waals surface area (Å²) < 4.78 is 8.53. The van der Waals surface area contributed by atoms with E-state index < -0.39 is 5.97 Å². The van der Waals surface area contributed by atoms with Crippen molar-refractivity contribution < 1.29 is 19.4 Å². The van der Waals surface area contributed by atoms with E-state index >= 15 is 0 Å². The van der Waals surface area contributed by atoms with Crippen molar-refractivity contribution in [2.24, 2.45) is 0 Å². The molecule has 0 spiro atoms. The van der Waals surface area contributed by atoms with Crippen molar-refractivity contribution in [2.45, 2.75) is 44.6 Å². The van der Waals surface area contributed by atoms with Crippen molar-refractivity contribution in [1.29, 1.82) is 0 Å². The van der Waals surface area contributed by atoms with E-state index in [0.29, 0.717) is 37.7 Å². The summed E-state index contributed by atoms with van der Waals surface area (Å²) in [6.07, 6.45) is 5.95. The zero-order valence-electron chi connectivity index (χ0n) is 20.6. The summed E-state index contributed by atoms with van der Waals surface area (Å²) in [7, 11) is 1.58. The fourth-order valence-electron chi connectivity index (χ4n) is 5.83. The first kappa shape index (κ1) is 24.7. The summed E-state index contributed by atoms with van der Waals surface area (Å²) >= 11 is 6.23. The molecule has 0 atom stereocenters. The molecule has 0 bridgehead atoms. The average molecular weight is 510 g/mol. The predicted octanol–water partition coefficient (Wildman–Crippen LogP) is 5.50. The van der Waals surface area contributed by atoms with Crippen LogP contribution in [0.5, 0.6) is 0 Å². The highest BCUT2D eigenvalue weighted by molar-refractivity contribution is 6.21. The Bertz CT molecular complexity index is 1280. The smallest absolute Gasteiger partial charge is 0.335 e. The van der Waals surface area contributed by atoms with E-state index in [0.717, 1.165) is 40.7 Å². The van der Waals surface area contributed by atoms with Gasteiger partial charge in [-0.3, -0.25) is 9.21 Å². The van der Waals surface area contributed by atoms with Crippen molar-refractivity contribution in [3.8, 4) is 11.3 Å². The minimum Gasteiger partial charge on any atom is -0.478 e. The van der Waals surface area contributed by atoms with Crippen LogP contribution in [0.3, 0.4) is 0 Å². The summed E-state index contributed by atoms with van der Waals surface area (Å²) in [5.41, 5.74) is 5.80. The first-order valence-electron chi connectivity index (χ1n) is 12.7. The highest BCUT2D eigenvalue weighted by Crippen LogP contribution is 2.47. The molecule has 5 rings (SSSR count). The number of methoxy groups -OCH3 is 1. The molecule has 1 aliphatic carbocycles. The zero-order chi connectivity index (χ0) is 25.2. The van der Waals surface area contributed by atoms with Gasteiger partial charge in [-0.1, -0.05) is 43.5 Å². The molecule has 2 aromatic carbocycles. The van der Waals surface area contributed by atoms with Crippen LogP contribution in [0.25, 0.3) is 22.2 Å². The summed E-state index contributed by atoms with van der Waals surface area (Å²) in [5.74, 6) is -0.673. The van der Waals surface area contributed by atoms with Crippen LogP contribution >= 0.6 is 11.8 Å². The quantitative estimate of drug-likeness (QED) is 0.425. The van der Waals surface area contributed by atoms with Gasteiger partial charge in [0.15, 0.2) is 0 Å². The van der Waals surface area contributed by atoms with Crippen LogP contribution in [-0.2, 0) is 16.1 Å². The van der Waals surface area contributed by atoms with Crippen LogP contribution in [0.4, 0.5) is 5.69 Å². The Morgan fingerprint density at radius 2 is 1.89 bits per heavy atom. The van der Waals surface area contributed by atoms with Gasteiger partial charge < -0.3 is 19.3 Å². The maximum atomic E-state index is 12.9. The second kappa shape index (κ2) is 10.5. The van der Waals surface area contributed by atoms with E-state index in [2.05, 4.69) is 21.6 Å². The van der Waals surface area contributed by atoms with Crippen molar-refractivity contribution in [2.75, 3.05) is 38.3 Å². The molecule has 1 N–H and O–H groups in total. The molecule has 2 heterocycles. The maximum Gasteiger partial charge on any atom is 0.335 e. The molecule has 0 radical (unpaired) electrons. The topological polar surface area (TPSA) is 75.0 Å². The summed E-state index contributed by atoms with van der Waals surface area (Å²) in [6.45, 7) is 2.10. The monoisotopic (exact) mass is 509 g/mol. The Balaban J connectivity index is 1.63. The molecular formula is C28H32ClN3O4. The Morgan fingerprint density at radius 3 is 2.64 bits per heavy atom. The van der Waals surface area contributed by atoms with Crippen LogP contribution < -0.4 is 4.90 Å². The van der Waals surface area contributed by atoms with Crippen LogP contribution in [-0.4, -0.2) is 59.3 Å². The lowest BCUT2D eigenvalue weighted by atomic mass is 9.81. The SMILES string of the molecule is COCCN(Cl)C(=O)CN1CCn2c(c(C3CCCCC3)c3ccc(C(=O)O)cc32)-c2ccccc21. The van der Waals surface area contributed by atoms with Gasteiger partial charge in [0.05, 0.1) is 31.0 Å². The summed E-state index contributed by atoms with van der Waals surface area (Å²) in [6, 6.07) is 13.8. The number of hydrogen-bond donors (Lipinski definition) is 1. The number of anilines is 1. The number of para-hydroxylation sites is 1. The van der Waals surface area contributed by atoms with E-state index in [1.807, 2.05) is 24.3 Å². The molecule has 0 unspecified atom stereocenters. The van der Waals surface area contributed by atoms with E-state index in [9.17, 15) is 14.7 Å². The lowest BCUT2D eigenvalue weighted by Crippen LogP contribution is -2.38. The lowest BCUT2D eigenvalue weighted by molar-refractivity contribution is -0.125. The normalized spacial score (nSPS) is 15.9. The second-order valence-electron chi connectivity index (χ2n) is 9.70. The minimum absolute atomic E-state index is 0.159. The number of carboxylic acids is 1. The molecule has 190 valence electrons. The number of amides is 1. The average Bonchev–Trinajstić information content (AvgIpc) is 3.14. The van der Waals surface area contributed by atoms with E-state index in [1.165, 1.54) is 29.2 Å². The van der Waals surface area contributed by atoms with Gasteiger partial charge in [0.1, 0.15) is 0 Å². The highest BCUT2D eigenvalue weighted by atomic mass is 35.5. The number of halogens is 1. The molecule has 1 saturated carbocycles. The lowest BCUT2D eigenvalue weighted by Gasteiger charge is -2.26. The predicted molar refractivity (Wildman–Crippen MR) is 142 cm³/mol. The van der Waals surface area contributed by atoms with Gasteiger partial charge in [-0.05, 0) is 42.5 Å². The van der Waals surface area contributed by atoms with Gasteiger partial charge in [0.2, 0.25) is 0 Å². The Labute approximate surface area is 216 Å². The molecule has 2 aliphatic rings. The fourth-order valence-corrected chi connectivity index (χ4v) is 5.95. The summed E-state index contributed by atoms with van der Waals surface area (Å²) in [4.78, 5) is 26.8. The number of carbonyl (C=O) groups is 2. The van der Waals surface area contributed by atoms with Gasteiger partial charge in [0.25, 0.3) is 5.91 Å². The number of aromatic nitrogens is 1. The Morgan fingerprint density at radius 1 is 1.11 bits per heavy atom. The first-order valence-corrected chi connectivity index (χ1v) is 13.0. The van der Waals surface area contributed by atoms with Gasteiger partial charge in [-0.25, -0.2) is 4.79 Å². The zero-order valence-corrected chi connectivity index (χ0v) is 21.3. The summed E-state index contributed by atoms with van der Waals surface area (Å²) in [5, 5.41) is 10.8. The van der Waals surface area contributed by atoms with E-state index in [4.69, 9.17) is 16.5 Å². The highest BCUT2D eigenvalue weighted by Gasteiger charge is 2.31. The van der Waals surface area contributed by atoms with Crippen molar-refractivity contribution in [3.63, 3.8) is 0 Å². The van der Waals surface area contributed by atoms with E-state index in [1.54, 1.807) is 13.2 Å². The third-order valence-corrected chi connectivity index (χ3v) is 7.90. The van der Waals surface area contributed by atoms with Crippen molar-refractivity contribution in [1.82, 2.24) is 8.99 Å². The fraction of sp³-hybridized carbons (Fsp3) is 0.429. The first-order chi connectivity index (χ1) is 17.5. The third kappa shape index (κ3) is 4.58. The number of carbonyl (C=O) groups excluding carboxylic acids is 1. The maximum absolute atomic E-state index is 12.9. The number of rotatable bonds is 7. The Hall–Kier alpha value is -3.03. The number of benzene rings is 2. The van der Waals surface area contributed by atoms with Crippen LogP contribution in [0, 0.1) is 0 Å². The molecular weight excluding hydrogens is 478 g/mol. The van der Waals surface area contributed by atoms with Gasteiger partial charge in [-0.2, -0.15) is 0 Å². The molecule has 1 aliphatic heterocycles. The third-order valence-electron chi connectivity index (χ3n) is 7.55. The number of fused-ring (bicyclic) bond motifs is 5. The van der Waals surface area contributed by atoms with Crippen molar-refractivity contribution in [3.05, 3.63) is 53.6 Å². The second-order valence-corrected chi connectivity index (χ2v) is 10.1. The van der Waals surface area contributed by atoms with Gasteiger partial charge >= 0.3 is 5.97 Å². The van der Waals surface area contributed by atoms with Crippen LogP contribution in [0.2, 0.25) is 0 Å². The number of ether oxygens (including phenoxy) is 1. The standard InChI is InChI=1S/C28H32ClN3O4/c1-36-16-15-32(29)25(33)18-30-13-14-31-24-17-20(28(34)35)11-12-21(24)26(19-7-3-2-4-8-19)27(31)22-9-5-6-10-23(22)30/h5-6,9-12,17,19H,2-4,7-8,13-16,18H2,1H3,(H,34,35). The van der Waals surface area contributed by atoms with Crippen LogP contribution in [0.1, 0.15) is 53.9 Å². The number of hydrogen-bond acceptors (Lipinski definition) is 4. The number of carboxylic acid groups (broad SMARTS) is 1. The molecule has 7 nitrogen and oxygen atoms in total. The molecule has 1 aromatic heterocycles. The largest absolute Gasteiger partial charge is 0.478 e. The molecule has 0 saturated heterocycles. The molecule has 3 aromatic rings. The number of aromatic carboxylic acids is 1. The molecule has 36 heavy (non-hydrogen) atoms. The van der Waals surface area contributed by atoms with Crippen LogP contribution in [0.15, 0.2) is 42.5 Å². The van der Waals surface area contributed by atoms with Gasteiger partial charge in [0, 0.05) is 54.1 Å². The molecule has 1 fully saturated rings. The minimum atomic E-state index is -0.925. The van der Waals surface area contributed by atoms with E-state index in [-0.39, 0.29) is 12.5 Å². The molecule has 8 heteroatoms. The number of nitrogens with zero attached hydrogens (tertiary/aromatic N) is 3.